The molecule has 0 atom stereocenters. The maximum atomic E-state index is 4.65. The highest BCUT2D eigenvalue weighted by atomic mass is 15.2. The van der Waals surface area contributed by atoms with Crippen molar-refractivity contribution in [2.45, 2.75) is 0 Å². The van der Waals surface area contributed by atoms with E-state index in [1.54, 1.807) is 4.68 Å². The van der Waals surface area contributed by atoms with Crippen molar-refractivity contribution in [1.29, 1.82) is 0 Å². The predicted molar refractivity (Wildman–Crippen MR) is 94.8 cm³/mol. The lowest BCUT2D eigenvalue weighted by molar-refractivity contribution is 0.585. The monoisotopic (exact) mass is 320 g/mol. The van der Waals surface area contributed by atoms with E-state index in [1.807, 2.05) is 37.9 Å². The molecule has 6 nitrogen and oxygen atoms in total. The fraction of sp³-hybridized carbons (Fsp3) is 0.278. The second-order valence-electron chi connectivity index (χ2n) is 5.97. The van der Waals surface area contributed by atoms with Gasteiger partial charge in [-0.2, -0.15) is 5.10 Å². The van der Waals surface area contributed by atoms with Crippen LogP contribution in [0.15, 0.2) is 49.1 Å². The number of piperazine rings is 1. The third-order valence-electron chi connectivity index (χ3n) is 4.28. The molecule has 0 amide bonds. The first kappa shape index (κ1) is 14.8. The Kier molecular flexibility index (Phi) is 3.96. The van der Waals surface area contributed by atoms with Crippen molar-refractivity contribution < 1.29 is 0 Å². The van der Waals surface area contributed by atoms with Gasteiger partial charge in [-0.25, -0.2) is 4.98 Å². The predicted octanol–water partition coefficient (Wildman–Crippen LogP) is 1.95. The molecule has 122 valence electrons. The van der Waals surface area contributed by atoms with E-state index in [0.29, 0.717) is 0 Å². The van der Waals surface area contributed by atoms with E-state index >= 15 is 0 Å². The van der Waals surface area contributed by atoms with Gasteiger partial charge in [-0.15, -0.1) is 0 Å². The molecular weight excluding hydrogens is 300 g/mol. The van der Waals surface area contributed by atoms with Gasteiger partial charge in [0.1, 0.15) is 5.82 Å². The number of anilines is 1. The minimum absolute atomic E-state index is 0.923. The van der Waals surface area contributed by atoms with Crippen molar-refractivity contribution >= 4 is 5.82 Å². The summed E-state index contributed by atoms with van der Waals surface area (Å²) in [6.45, 7) is 4.05. The number of aryl methyl sites for hydroxylation is 1. The molecule has 1 saturated heterocycles. The van der Waals surface area contributed by atoms with Gasteiger partial charge in [0.05, 0.1) is 11.9 Å². The van der Waals surface area contributed by atoms with Crippen LogP contribution in [0.25, 0.3) is 22.4 Å². The van der Waals surface area contributed by atoms with Gasteiger partial charge in [0.25, 0.3) is 0 Å². The van der Waals surface area contributed by atoms with Crippen molar-refractivity contribution in [3.05, 3.63) is 49.1 Å². The molecule has 0 spiro atoms. The van der Waals surface area contributed by atoms with Gasteiger partial charge in [0, 0.05) is 62.9 Å². The van der Waals surface area contributed by atoms with E-state index in [0.717, 1.165) is 54.4 Å². The molecule has 3 aromatic rings. The number of nitrogens with one attached hydrogen (secondary N) is 1. The molecule has 4 heterocycles. The van der Waals surface area contributed by atoms with Crippen LogP contribution in [0.1, 0.15) is 0 Å². The van der Waals surface area contributed by atoms with Crippen molar-refractivity contribution in [1.82, 2.24) is 25.1 Å². The summed E-state index contributed by atoms with van der Waals surface area (Å²) in [5.74, 6) is 1.04. The molecule has 0 saturated carbocycles. The number of hydrogen-bond acceptors (Lipinski definition) is 5. The highest BCUT2D eigenvalue weighted by Crippen LogP contribution is 2.25. The largest absolute Gasteiger partial charge is 0.354 e. The summed E-state index contributed by atoms with van der Waals surface area (Å²) >= 11 is 0. The first-order chi connectivity index (χ1) is 11.8. The molecule has 6 heteroatoms. The van der Waals surface area contributed by atoms with Gasteiger partial charge in [-0.1, -0.05) is 0 Å². The molecule has 0 aromatic carbocycles. The van der Waals surface area contributed by atoms with Gasteiger partial charge in [0.15, 0.2) is 0 Å². The van der Waals surface area contributed by atoms with E-state index in [4.69, 9.17) is 0 Å². The maximum Gasteiger partial charge on any atom is 0.128 e. The maximum absolute atomic E-state index is 4.65. The summed E-state index contributed by atoms with van der Waals surface area (Å²) in [4.78, 5) is 11.4. The topological polar surface area (TPSA) is 58.9 Å². The zero-order valence-corrected chi connectivity index (χ0v) is 13.7. The molecule has 3 aromatic heterocycles. The molecule has 24 heavy (non-hydrogen) atoms. The summed E-state index contributed by atoms with van der Waals surface area (Å²) in [5, 5.41) is 7.57. The van der Waals surface area contributed by atoms with E-state index in [9.17, 15) is 0 Å². The lowest BCUT2D eigenvalue weighted by atomic mass is 10.1. The Balaban J connectivity index is 1.59. The second kappa shape index (κ2) is 6.41. The molecule has 0 unspecified atom stereocenters. The Hall–Kier alpha value is -2.73. The van der Waals surface area contributed by atoms with Crippen LogP contribution in [-0.4, -0.2) is 45.9 Å². The minimum Gasteiger partial charge on any atom is -0.354 e. The summed E-state index contributed by atoms with van der Waals surface area (Å²) in [6, 6.07) is 8.33. The summed E-state index contributed by atoms with van der Waals surface area (Å²) in [6.07, 6.45) is 7.58. The highest BCUT2D eigenvalue weighted by molar-refractivity contribution is 5.69. The Morgan fingerprint density at radius 1 is 0.958 bits per heavy atom. The Labute approximate surface area is 141 Å². The number of rotatable bonds is 3. The quantitative estimate of drug-likeness (QED) is 0.799. The van der Waals surface area contributed by atoms with Crippen LogP contribution >= 0.6 is 0 Å². The Morgan fingerprint density at radius 2 is 1.83 bits per heavy atom. The van der Waals surface area contributed by atoms with Crippen molar-refractivity contribution in [2.24, 2.45) is 7.05 Å². The summed E-state index contributed by atoms with van der Waals surface area (Å²) < 4.78 is 1.79. The number of pyridine rings is 2. The van der Waals surface area contributed by atoms with Crippen molar-refractivity contribution in [3.8, 4) is 22.4 Å². The highest BCUT2D eigenvalue weighted by Gasteiger charge is 2.11. The molecule has 1 N–H and O–H groups in total. The third kappa shape index (κ3) is 3.00. The normalized spacial score (nSPS) is 14.8. The zero-order chi connectivity index (χ0) is 16.4. The summed E-state index contributed by atoms with van der Waals surface area (Å²) in [7, 11) is 1.91. The van der Waals surface area contributed by atoms with Crippen LogP contribution in [0, 0.1) is 0 Å². The van der Waals surface area contributed by atoms with Crippen LogP contribution in [-0.2, 0) is 7.05 Å². The van der Waals surface area contributed by atoms with Crippen molar-refractivity contribution in [3.63, 3.8) is 0 Å². The van der Waals surface area contributed by atoms with Crippen molar-refractivity contribution in [2.75, 3.05) is 31.1 Å². The standard InChI is InChI=1S/C18H20N6/c1-23-13-16(12-22-23)17-10-14(4-5-20-17)15-2-3-18(21-11-15)24-8-6-19-7-9-24/h2-5,10-13,19H,6-9H2,1H3. The Morgan fingerprint density at radius 3 is 2.54 bits per heavy atom. The van der Waals surface area contributed by atoms with E-state index in [-0.39, 0.29) is 0 Å². The van der Waals surface area contributed by atoms with Gasteiger partial charge >= 0.3 is 0 Å². The average molecular weight is 320 g/mol. The van der Waals surface area contributed by atoms with E-state index in [1.165, 1.54) is 0 Å². The first-order valence-electron chi connectivity index (χ1n) is 8.17. The Bertz CT molecular complexity index is 818. The molecule has 1 aliphatic heterocycles. The van der Waals surface area contributed by atoms with E-state index < -0.39 is 0 Å². The lowest BCUT2D eigenvalue weighted by Crippen LogP contribution is -2.43. The molecule has 0 bridgehead atoms. The van der Waals surface area contributed by atoms with Gasteiger partial charge in [0.2, 0.25) is 0 Å². The number of nitrogens with zero attached hydrogens (tertiary/aromatic N) is 5. The number of aromatic nitrogens is 4. The smallest absolute Gasteiger partial charge is 0.128 e. The fourth-order valence-corrected chi connectivity index (χ4v) is 2.96. The van der Waals surface area contributed by atoms with Gasteiger partial charge in [-0.05, 0) is 29.8 Å². The molecule has 0 aliphatic carbocycles. The summed E-state index contributed by atoms with van der Waals surface area (Å²) in [5.41, 5.74) is 4.15. The third-order valence-corrected chi connectivity index (χ3v) is 4.28. The molecule has 4 rings (SSSR count). The average Bonchev–Trinajstić information content (AvgIpc) is 3.09. The van der Waals surface area contributed by atoms with Gasteiger partial charge < -0.3 is 10.2 Å². The SMILES string of the molecule is Cn1cc(-c2cc(-c3ccc(N4CCNCC4)nc3)ccn2)cn1. The second-order valence-corrected chi connectivity index (χ2v) is 5.97. The fourth-order valence-electron chi connectivity index (χ4n) is 2.96. The van der Waals surface area contributed by atoms with Crippen LogP contribution in [0.5, 0.6) is 0 Å². The van der Waals surface area contributed by atoms with Gasteiger partial charge in [-0.3, -0.25) is 9.67 Å². The minimum atomic E-state index is 0.923. The number of hydrogen-bond donors (Lipinski definition) is 1. The molecule has 1 aliphatic rings. The van der Waals surface area contributed by atoms with Crippen LogP contribution in [0.3, 0.4) is 0 Å². The van der Waals surface area contributed by atoms with E-state index in [2.05, 4.69) is 43.5 Å². The lowest BCUT2D eigenvalue weighted by Gasteiger charge is -2.28. The van der Waals surface area contributed by atoms with Crippen LogP contribution in [0.2, 0.25) is 0 Å². The zero-order valence-electron chi connectivity index (χ0n) is 13.7. The van der Waals surface area contributed by atoms with Crippen LogP contribution in [0.4, 0.5) is 5.82 Å². The van der Waals surface area contributed by atoms with Crippen LogP contribution < -0.4 is 10.2 Å². The molecular formula is C18H20N6. The first-order valence-corrected chi connectivity index (χ1v) is 8.17. The molecule has 0 radical (unpaired) electrons. The molecule has 1 fully saturated rings.